The summed E-state index contributed by atoms with van der Waals surface area (Å²) in [5, 5.41) is 11.0. The number of carbonyl (C=O) groups is 1. The molecule has 7 heteroatoms. The van der Waals surface area contributed by atoms with Gasteiger partial charge in [-0.1, -0.05) is 32.9 Å². The third kappa shape index (κ3) is 4.01. The molecular weight excluding hydrogens is 316 g/mol. The molecule has 0 aliphatic rings. The lowest BCUT2D eigenvalue weighted by Gasteiger charge is -2.12. The van der Waals surface area contributed by atoms with E-state index in [-0.39, 0.29) is 17.0 Å². The summed E-state index contributed by atoms with van der Waals surface area (Å²) in [7, 11) is 0. The number of nitrogens with zero attached hydrogens (tertiary/aromatic N) is 1. The maximum Gasteiger partial charge on any atom is 0.276 e. The van der Waals surface area contributed by atoms with Crippen molar-refractivity contribution >= 4 is 35.0 Å². The average molecular weight is 332 g/mol. The fraction of sp³-hybridized carbons (Fsp3) is 0.250. The van der Waals surface area contributed by atoms with E-state index in [2.05, 4.69) is 4.98 Å². The molecule has 23 heavy (non-hydrogen) atoms. The number of H-pyrrole nitrogens is 1. The van der Waals surface area contributed by atoms with Gasteiger partial charge in [-0.15, -0.1) is 11.3 Å². The molecule has 1 N–H and O–H groups in total. The highest BCUT2D eigenvalue weighted by Crippen LogP contribution is 2.18. The van der Waals surface area contributed by atoms with Crippen molar-refractivity contribution in [2.45, 2.75) is 20.8 Å². The molecule has 0 saturated carbocycles. The molecule has 1 heterocycles. The molecule has 0 bridgehead atoms. The molecule has 0 aliphatic heterocycles. The van der Waals surface area contributed by atoms with Crippen LogP contribution in [0.15, 0.2) is 29.1 Å². The van der Waals surface area contributed by atoms with Gasteiger partial charge in [0.1, 0.15) is 0 Å². The Morgan fingerprint density at radius 3 is 2.57 bits per heavy atom. The van der Waals surface area contributed by atoms with Crippen molar-refractivity contribution in [1.29, 1.82) is 0 Å². The molecule has 1 aromatic heterocycles. The first kappa shape index (κ1) is 16.8. The number of benzene rings is 1. The zero-order chi connectivity index (χ0) is 17.2. The van der Waals surface area contributed by atoms with Crippen molar-refractivity contribution < 1.29 is 9.72 Å². The number of aromatic amines is 1. The molecule has 0 atom stereocenters. The molecule has 0 aliphatic carbocycles. The zero-order valence-electron chi connectivity index (χ0n) is 13.0. The van der Waals surface area contributed by atoms with E-state index >= 15 is 0 Å². The Morgan fingerprint density at radius 2 is 1.96 bits per heavy atom. The Balaban J connectivity index is 2.56. The number of rotatable bonds is 3. The van der Waals surface area contributed by atoms with Crippen molar-refractivity contribution in [3.63, 3.8) is 0 Å². The lowest BCUT2D eigenvalue weighted by molar-refractivity contribution is -0.385. The summed E-state index contributed by atoms with van der Waals surface area (Å²) in [6.45, 7) is 5.37. The van der Waals surface area contributed by atoms with Crippen LogP contribution < -0.4 is 14.8 Å². The SMILES string of the molecule is CC(C)(C)C(=O)C=c1[nH]c(=O)c(=Cc2ccccc2[N+](=O)[O-])s1. The monoisotopic (exact) mass is 332 g/mol. The number of ketones is 1. The number of thiazole rings is 1. The van der Waals surface area contributed by atoms with Gasteiger partial charge >= 0.3 is 0 Å². The Labute approximate surface area is 135 Å². The van der Waals surface area contributed by atoms with Gasteiger partial charge in [-0.3, -0.25) is 19.7 Å². The van der Waals surface area contributed by atoms with E-state index in [1.807, 2.05) is 0 Å². The van der Waals surface area contributed by atoms with E-state index in [0.29, 0.717) is 14.8 Å². The minimum atomic E-state index is -0.539. The standard InChI is InChI=1S/C16H16N2O4S/c1-16(2,3)13(19)9-14-17-15(20)12(23-14)8-10-6-4-5-7-11(10)18(21)22/h4-9H,1-3H3,(H,17,20). The first-order chi connectivity index (χ1) is 10.7. The van der Waals surface area contributed by atoms with Crippen LogP contribution in [-0.4, -0.2) is 15.7 Å². The van der Waals surface area contributed by atoms with Crippen molar-refractivity contribution in [2.24, 2.45) is 5.41 Å². The van der Waals surface area contributed by atoms with Gasteiger partial charge in [0.25, 0.3) is 11.2 Å². The van der Waals surface area contributed by atoms with Crippen LogP contribution in [0.4, 0.5) is 5.69 Å². The van der Waals surface area contributed by atoms with E-state index < -0.39 is 10.3 Å². The van der Waals surface area contributed by atoms with Crippen LogP contribution in [0.5, 0.6) is 0 Å². The normalized spacial score (nSPS) is 13.3. The molecule has 1 aromatic carbocycles. The van der Waals surface area contributed by atoms with E-state index in [9.17, 15) is 19.7 Å². The summed E-state index contributed by atoms with van der Waals surface area (Å²) < 4.78 is 0.743. The van der Waals surface area contributed by atoms with Gasteiger partial charge in [0.15, 0.2) is 5.78 Å². The predicted molar refractivity (Wildman–Crippen MR) is 89.8 cm³/mol. The van der Waals surface area contributed by atoms with Crippen LogP contribution in [0.1, 0.15) is 26.3 Å². The van der Waals surface area contributed by atoms with Gasteiger partial charge in [-0.25, -0.2) is 0 Å². The smallest absolute Gasteiger partial charge is 0.276 e. The Bertz CT molecular complexity index is 932. The lowest BCUT2D eigenvalue weighted by atomic mass is 9.91. The topological polar surface area (TPSA) is 93.1 Å². The molecule has 0 spiro atoms. The fourth-order valence-electron chi connectivity index (χ4n) is 1.78. The quantitative estimate of drug-likeness (QED) is 0.682. The number of nitro benzene ring substituents is 1. The number of hydrogen-bond acceptors (Lipinski definition) is 5. The zero-order valence-corrected chi connectivity index (χ0v) is 13.8. The number of Topliss-reactive ketones (excluding diaryl/α,β-unsaturated/α-hetero) is 1. The van der Waals surface area contributed by atoms with Crippen LogP contribution in [-0.2, 0) is 4.79 Å². The first-order valence-corrected chi connectivity index (χ1v) is 7.70. The summed E-state index contributed by atoms with van der Waals surface area (Å²) in [6, 6.07) is 6.18. The molecule has 120 valence electrons. The molecule has 6 nitrogen and oxygen atoms in total. The largest absolute Gasteiger partial charge is 0.313 e. The summed E-state index contributed by atoms with van der Waals surface area (Å²) >= 11 is 1.10. The maximum atomic E-state index is 12.0. The minimum Gasteiger partial charge on any atom is -0.313 e. The van der Waals surface area contributed by atoms with Gasteiger partial charge in [0, 0.05) is 17.6 Å². The Morgan fingerprint density at radius 1 is 1.30 bits per heavy atom. The number of nitrogens with one attached hydrogen (secondary N) is 1. The summed E-state index contributed by atoms with van der Waals surface area (Å²) in [4.78, 5) is 37.1. The molecule has 0 fully saturated rings. The second-order valence-corrected chi connectivity index (χ2v) is 7.09. The van der Waals surface area contributed by atoms with Crippen molar-refractivity contribution in [3.05, 3.63) is 59.5 Å². The summed E-state index contributed by atoms with van der Waals surface area (Å²) in [6.07, 6.45) is 2.85. The highest BCUT2D eigenvalue weighted by atomic mass is 32.1. The molecule has 0 amide bonds. The number of carbonyl (C=O) groups excluding carboxylic acids is 1. The van der Waals surface area contributed by atoms with Crippen molar-refractivity contribution in [3.8, 4) is 0 Å². The highest BCUT2D eigenvalue weighted by Gasteiger charge is 2.18. The third-order valence-electron chi connectivity index (χ3n) is 3.10. The van der Waals surface area contributed by atoms with Crippen molar-refractivity contribution in [2.75, 3.05) is 0 Å². The van der Waals surface area contributed by atoms with Crippen LogP contribution in [0.3, 0.4) is 0 Å². The molecule has 2 rings (SSSR count). The minimum absolute atomic E-state index is 0.0726. The number of aromatic nitrogens is 1. The molecule has 0 saturated heterocycles. The summed E-state index contributed by atoms with van der Waals surface area (Å²) in [5.74, 6) is -0.104. The first-order valence-electron chi connectivity index (χ1n) is 6.89. The van der Waals surface area contributed by atoms with E-state index in [4.69, 9.17) is 0 Å². The highest BCUT2D eigenvalue weighted by molar-refractivity contribution is 7.07. The van der Waals surface area contributed by atoms with E-state index in [0.717, 1.165) is 11.3 Å². The number of hydrogen-bond donors (Lipinski definition) is 1. The molecular formula is C16H16N2O4S. The predicted octanol–water partition coefficient (Wildman–Crippen LogP) is 1.57. The van der Waals surface area contributed by atoms with E-state index in [1.54, 1.807) is 39.0 Å². The average Bonchev–Trinajstić information content (AvgIpc) is 2.78. The summed E-state index contributed by atoms with van der Waals surface area (Å²) in [5.41, 5.74) is -0.639. The van der Waals surface area contributed by atoms with Gasteiger partial charge in [0.05, 0.1) is 19.7 Å². The van der Waals surface area contributed by atoms with Crippen LogP contribution in [0, 0.1) is 15.5 Å². The van der Waals surface area contributed by atoms with Gasteiger partial charge in [-0.2, -0.15) is 0 Å². The number of nitro groups is 1. The van der Waals surface area contributed by atoms with Gasteiger partial charge in [0.2, 0.25) is 0 Å². The molecule has 2 aromatic rings. The van der Waals surface area contributed by atoms with Crippen LogP contribution >= 0.6 is 11.3 Å². The third-order valence-corrected chi connectivity index (χ3v) is 4.06. The number of para-hydroxylation sites is 1. The van der Waals surface area contributed by atoms with Crippen molar-refractivity contribution in [1.82, 2.24) is 4.98 Å². The van der Waals surface area contributed by atoms with Crippen LogP contribution in [0.2, 0.25) is 0 Å². The second kappa shape index (κ2) is 6.29. The van der Waals surface area contributed by atoms with E-state index in [1.165, 1.54) is 18.2 Å². The maximum absolute atomic E-state index is 12.0. The fourth-order valence-corrected chi connectivity index (χ4v) is 2.65. The molecule has 0 radical (unpaired) electrons. The second-order valence-electron chi connectivity index (χ2n) is 6.00. The van der Waals surface area contributed by atoms with Gasteiger partial charge in [-0.05, 0) is 12.1 Å². The van der Waals surface area contributed by atoms with Gasteiger partial charge < -0.3 is 4.98 Å². The molecule has 0 unspecified atom stereocenters. The Hall–Kier alpha value is -2.54. The lowest BCUT2D eigenvalue weighted by Crippen LogP contribution is -2.22. The van der Waals surface area contributed by atoms with Crippen LogP contribution in [0.25, 0.3) is 12.2 Å². The Kier molecular flexibility index (Phi) is 4.60.